The fourth-order valence-electron chi connectivity index (χ4n) is 1.36. The van der Waals surface area contributed by atoms with Crippen LogP contribution in [0, 0.1) is 11.8 Å². The maximum absolute atomic E-state index is 11.8. The Labute approximate surface area is 95.6 Å². The zero-order valence-electron chi connectivity index (χ0n) is 9.54. The molecule has 0 aliphatic rings. The zero-order valence-corrected chi connectivity index (χ0v) is 9.54. The average molecular weight is 217 g/mol. The first kappa shape index (κ1) is 12.1. The summed E-state index contributed by atoms with van der Waals surface area (Å²) in [7, 11) is 1.56. The van der Waals surface area contributed by atoms with Crippen molar-refractivity contribution in [3.05, 3.63) is 23.8 Å². The van der Waals surface area contributed by atoms with Gasteiger partial charge in [0, 0.05) is 30.2 Å². The van der Waals surface area contributed by atoms with Crippen molar-refractivity contribution < 1.29 is 9.53 Å². The molecule has 0 amide bonds. The number of Topliss-reactive ketones (excluding diaryl/α,β-unsaturated/α-hetero) is 1. The molecule has 0 aliphatic heterocycles. The van der Waals surface area contributed by atoms with Gasteiger partial charge in [0.2, 0.25) is 0 Å². The second kappa shape index (κ2) is 5.82. The highest BCUT2D eigenvalue weighted by molar-refractivity contribution is 6.01. The standard InChI is InChI=1S/C13H15NO2/c1-3-4-5-6-13(15)11-8-7-10(16-2)9-12(11)14/h7-9H,5-6,14H2,1-2H3. The molecule has 0 bridgehead atoms. The van der Waals surface area contributed by atoms with Crippen LogP contribution in [0.25, 0.3) is 0 Å². The van der Waals surface area contributed by atoms with E-state index in [1.165, 1.54) is 0 Å². The number of hydrogen-bond donors (Lipinski definition) is 1. The molecule has 3 nitrogen and oxygen atoms in total. The van der Waals surface area contributed by atoms with Crippen LogP contribution >= 0.6 is 0 Å². The van der Waals surface area contributed by atoms with Gasteiger partial charge in [-0.05, 0) is 19.1 Å². The summed E-state index contributed by atoms with van der Waals surface area (Å²) >= 11 is 0. The average Bonchev–Trinajstić information content (AvgIpc) is 2.29. The molecule has 0 saturated carbocycles. The van der Waals surface area contributed by atoms with Crippen molar-refractivity contribution in [1.82, 2.24) is 0 Å². The number of ether oxygens (including phenoxy) is 1. The van der Waals surface area contributed by atoms with Crippen LogP contribution < -0.4 is 10.5 Å². The summed E-state index contributed by atoms with van der Waals surface area (Å²) in [5.74, 6) is 6.28. The third-order valence-corrected chi connectivity index (χ3v) is 2.21. The van der Waals surface area contributed by atoms with Gasteiger partial charge in [-0.2, -0.15) is 0 Å². The predicted octanol–water partition coefficient (Wildman–Crippen LogP) is 2.26. The largest absolute Gasteiger partial charge is 0.497 e. The van der Waals surface area contributed by atoms with Gasteiger partial charge in [-0.3, -0.25) is 4.79 Å². The molecule has 0 saturated heterocycles. The lowest BCUT2D eigenvalue weighted by Crippen LogP contribution is -2.03. The normalized spacial score (nSPS) is 9.12. The monoisotopic (exact) mass is 217 g/mol. The Bertz CT molecular complexity index is 441. The summed E-state index contributed by atoms with van der Waals surface area (Å²) < 4.78 is 5.01. The summed E-state index contributed by atoms with van der Waals surface area (Å²) in [4.78, 5) is 11.8. The SMILES string of the molecule is CC#CCCC(=O)c1ccc(OC)cc1N. The number of anilines is 1. The molecular weight excluding hydrogens is 202 g/mol. The summed E-state index contributed by atoms with van der Waals surface area (Å²) in [5.41, 5.74) is 6.76. The molecule has 0 spiro atoms. The lowest BCUT2D eigenvalue weighted by atomic mass is 10.0. The highest BCUT2D eigenvalue weighted by Gasteiger charge is 2.09. The molecule has 0 aromatic heterocycles. The van der Waals surface area contributed by atoms with Gasteiger partial charge in [-0.1, -0.05) is 0 Å². The summed E-state index contributed by atoms with van der Waals surface area (Å²) in [6.07, 6.45) is 0.970. The molecule has 0 atom stereocenters. The Kier molecular flexibility index (Phi) is 4.41. The van der Waals surface area contributed by atoms with E-state index in [2.05, 4.69) is 11.8 Å². The van der Waals surface area contributed by atoms with Crippen molar-refractivity contribution in [1.29, 1.82) is 0 Å². The first-order valence-electron chi connectivity index (χ1n) is 5.05. The molecule has 0 aliphatic carbocycles. The number of nitrogens with two attached hydrogens (primary N) is 1. The van der Waals surface area contributed by atoms with E-state index in [9.17, 15) is 4.79 Å². The molecule has 16 heavy (non-hydrogen) atoms. The van der Waals surface area contributed by atoms with E-state index in [-0.39, 0.29) is 5.78 Å². The Balaban J connectivity index is 2.78. The van der Waals surface area contributed by atoms with Crippen LogP contribution in [0.3, 0.4) is 0 Å². The molecule has 1 aromatic carbocycles. The van der Waals surface area contributed by atoms with E-state index in [4.69, 9.17) is 10.5 Å². The Morgan fingerprint density at radius 2 is 2.25 bits per heavy atom. The first-order valence-corrected chi connectivity index (χ1v) is 5.05. The Hall–Kier alpha value is -1.95. The molecule has 0 fully saturated rings. The van der Waals surface area contributed by atoms with E-state index in [0.717, 1.165) is 0 Å². The predicted molar refractivity (Wildman–Crippen MR) is 64.4 cm³/mol. The number of methoxy groups -OCH3 is 1. The molecule has 0 radical (unpaired) electrons. The van der Waals surface area contributed by atoms with Gasteiger partial charge in [0.25, 0.3) is 0 Å². The second-order valence-corrected chi connectivity index (χ2v) is 3.30. The number of benzene rings is 1. The molecule has 3 heteroatoms. The van der Waals surface area contributed by atoms with E-state index in [1.807, 2.05) is 0 Å². The minimum absolute atomic E-state index is 0.0166. The van der Waals surface area contributed by atoms with Gasteiger partial charge < -0.3 is 10.5 Å². The lowest BCUT2D eigenvalue weighted by molar-refractivity contribution is 0.0985. The lowest BCUT2D eigenvalue weighted by Gasteiger charge is -2.06. The smallest absolute Gasteiger partial charge is 0.165 e. The maximum Gasteiger partial charge on any atom is 0.165 e. The minimum Gasteiger partial charge on any atom is -0.497 e. The highest BCUT2D eigenvalue weighted by atomic mass is 16.5. The quantitative estimate of drug-likeness (QED) is 0.478. The topological polar surface area (TPSA) is 52.3 Å². The van der Waals surface area contributed by atoms with Crippen LogP contribution in [0.4, 0.5) is 5.69 Å². The molecule has 2 N–H and O–H groups in total. The maximum atomic E-state index is 11.8. The third kappa shape index (κ3) is 3.03. The number of carbonyl (C=O) groups excluding carboxylic acids is 1. The van der Waals surface area contributed by atoms with E-state index >= 15 is 0 Å². The van der Waals surface area contributed by atoms with Gasteiger partial charge >= 0.3 is 0 Å². The molecule has 0 heterocycles. The van der Waals surface area contributed by atoms with Crippen LogP contribution in [0.5, 0.6) is 5.75 Å². The zero-order chi connectivity index (χ0) is 12.0. The van der Waals surface area contributed by atoms with Gasteiger partial charge in [-0.25, -0.2) is 0 Å². The van der Waals surface area contributed by atoms with Crippen LogP contribution in [0.1, 0.15) is 30.1 Å². The van der Waals surface area contributed by atoms with Crippen molar-refractivity contribution in [2.24, 2.45) is 0 Å². The van der Waals surface area contributed by atoms with Gasteiger partial charge in [-0.15, -0.1) is 11.8 Å². The van der Waals surface area contributed by atoms with E-state index < -0.39 is 0 Å². The van der Waals surface area contributed by atoms with E-state index in [1.54, 1.807) is 32.2 Å². The van der Waals surface area contributed by atoms with E-state index in [0.29, 0.717) is 29.8 Å². The molecule has 1 aromatic rings. The minimum atomic E-state index is 0.0166. The van der Waals surface area contributed by atoms with Crippen LogP contribution in [-0.4, -0.2) is 12.9 Å². The summed E-state index contributed by atoms with van der Waals surface area (Å²) in [6.45, 7) is 1.76. The third-order valence-electron chi connectivity index (χ3n) is 2.21. The number of hydrogen-bond acceptors (Lipinski definition) is 3. The molecule has 0 unspecified atom stereocenters. The van der Waals surface area contributed by atoms with Crippen molar-refractivity contribution in [3.8, 4) is 17.6 Å². The van der Waals surface area contributed by atoms with Crippen molar-refractivity contribution in [3.63, 3.8) is 0 Å². The number of carbonyl (C=O) groups is 1. The van der Waals surface area contributed by atoms with Crippen molar-refractivity contribution >= 4 is 11.5 Å². The van der Waals surface area contributed by atoms with Gasteiger partial charge in [0.15, 0.2) is 5.78 Å². The number of ketones is 1. The molecule has 1 rings (SSSR count). The molecular formula is C13H15NO2. The van der Waals surface area contributed by atoms with Crippen molar-refractivity contribution in [2.45, 2.75) is 19.8 Å². The Morgan fingerprint density at radius 1 is 1.50 bits per heavy atom. The summed E-state index contributed by atoms with van der Waals surface area (Å²) in [6, 6.07) is 5.07. The number of nitrogen functional groups attached to an aromatic ring is 1. The Morgan fingerprint density at radius 3 is 2.81 bits per heavy atom. The fraction of sp³-hybridized carbons (Fsp3) is 0.308. The van der Waals surface area contributed by atoms with Crippen molar-refractivity contribution in [2.75, 3.05) is 12.8 Å². The van der Waals surface area contributed by atoms with Crippen LogP contribution in [-0.2, 0) is 0 Å². The summed E-state index contributed by atoms with van der Waals surface area (Å²) in [5, 5.41) is 0. The fourth-order valence-corrected chi connectivity index (χ4v) is 1.36. The van der Waals surface area contributed by atoms with Crippen LogP contribution in [0.2, 0.25) is 0 Å². The highest BCUT2D eigenvalue weighted by Crippen LogP contribution is 2.21. The first-order chi connectivity index (χ1) is 7.69. The second-order valence-electron chi connectivity index (χ2n) is 3.30. The number of rotatable bonds is 4. The van der Waals surface area contributed by atoms with Gasteiger partial charge in [0.1, 0.15) is 5.75 Å². The van der Waals surface area contributed by atoms with Gasteiger partial charge in [0.05, 0.1) is 7.11 Å². The van der Waals surface area contributed by atoms with Crippen LogP contribution in [0.15, 0.2) is 18.2 Å². The molecule has 84 valence electrons.